The van der Waals surface area contributed by atoms with Crippen molar-refractivity contribution < 1.29 is 19.4 Å². The lowest BCUT2D eigenvalue weighted by Crippen LogP contribution is -2.29. The van der Waals surface area contributed by atoms with Gasteiger partial charge in [0.2, 0.25) is 0 Å². The predicted octanol–water partition coefficient (Wildman–Crippen LogP) is -1.40. The summed E-state index contributed by atoms with van der Waals surface area (Å²) >= 11 is 0. The molecule has 8 nitrogen and oxygen atoms in total. The summed E-state index contributed by atoms with van der Waals surface area (Å²) in [6.07, 6.45) is 2.19. The lowest BCUT2D eigenvalue weighted by atomic mass is 10.4. The fourth-order valence-corrected chi connectivity index (χ4v) is 0.953. The Morgan fingerprint density at radius 2 is 2.29 bits per heavy atom. The number of carbonyl (C=O) groups is 2. The minimum Gasteiger partial charge on any atom is -0.480 e. The first-order chi connectivity index (χ1) is 8.09. The second-order valence-electron chi connectivity index (χ2n) is 3.00. The van der Waals surface area contributed by atoms with Crippen molar-refractivity contribution in [3.63, 3.8) is 0 Å². The number of ether oxygens (including phenoxy) is 1. The zero-order chi connectivity index (χ0) is 12.7. The predicted molar refractivity (Wildman–Crippen MR) is 55.6 cm³/mol. The fraction of sp³-hybridized carbons (Fsp3) is 0.333. The van der Waals surface area contributed by atoms with Crippen LogP contribution in [0, 0.1) is 0 Å². The summed E-state index contributed by atoms with van der Waals surface area (Å²) < 4.78 is 4.71. The van der Waals surface area contributed by atoms with Gasteiger partial charge in [-0.3, -0.25) is 9.59 Å². The molecule has 0 bridgehead atoms. The molecule has 1 amide bonds. The van der Waals surface area contributed by atoms with E-state index in [4.69, 9.17) is 9.84 Å². The third kappa shape index (κ3) is 4.89. The number of nitrogens with zero attached hydrogens (tertiary/aromatic N) is 1. The first-order valence-electron chi connectivity index (χ1n) is 4.72. The van der Waals surface area contributed by atoms with Crippen molar-refractivity contribution in [1.82, 2.24) is 15.3 Å². The van der Waals surface area contributed by atoms with Crippen LogP contribution in [-0.4, -0.2) is 46.7 Å². The Balaban J connectivity index is 2.28. The van der Waals surface area contributed by atoms with E-state index in [1.54, 1.807) is 0 Å². The van der Waals surface area contributed by atoms with Crippen LogP contribution in [0.4, 0.5) is 0 Å². The van der Waals surface area contributed by atoms with E-state index >= 15 is 0 Å². The van der Waals surface area contributed by atoms with E-state index in [0.29, 0.717) is 0 Å². The average molecular weight is 241 g/mol. The minimum absolute atomic E-state index is 0.0721. The maximum absolute atomic E-state index is 11.4. The number of rotatable bonds is 6. The van der Waals surface area contributed by atoms with Crippen LogP contribution in [0.1, 0.15) is 10.5 Å². The maximum atomic E-state index is 11.4. The lowest BCUT2D eigenvalue weighted by molar-refractivity contribution is -0.142. The van der Waals surface area contributed by atoms with Crippen molar-refractivity contribution in [1.29, 1.82) is 0 Å². The molecule has 0 saturated heterocycles. The van der Waals surface area contributed by atoms with Gasteiger partial charge in [0.15, 0.2) is 0 Å². The Hall–Kier alpha value is -2.22. The molecule has 0 aliphatic carbocycles. The highest BCUT2D eigenvalue weighted by Crippen LogP contribution is 1.86. The van der Waals surface area contributed by atoms with E-state index < -0.39 is 24.0 Å². The normalized spacial score (nSPS) is 9.88. The number of nitrogens with one attached hydrogen (secondary N) is 2. The van der Waals surface area contributed by atoms with Gasteiger partial charge >= 0.3 is 5.97 Å². The number of H-pyrrole nitrogens is 1. The zero-order valence-corrected chi connectivity index (χ0v) is 8.80. The molecule has 0 spiro atoms. The summed E-state index contributed by atoms with van der Waals surface area (Å²) in [5.41, 5.74) is -0.325. The number of aromatic amines is 1. The fourth-order valence-electron chi connectivity index (χ4n) is 0.953. The van der Waals surface area contributed by atoms with Crippen LogP contribution < -0.4 is 10.9 Å². The SMILES string of the molecule is O=C(O)COCCNC(=O)c1c[nH]c(=O)cn1. The minimum atomic E-state index is -1.07. The van der Waals surface area contributed by atoms with E-state index in [1.165, 1.54) is 6.20 Å². The van der Waals surface area contributed by atoms with Crippen LogP contribution in [-0.2, 0) is 9.53 Å². The van der Waals surface area contributed by atoms with Crippen LogP contribution in [0.2, 0.25) is 0 Å². The average Bonchev–Trinajstić information content (AvgIpc) is 2.29. The lowest BCUT2D eigenvalue weighted by Gasteiger charge is -2.04. The molecule has 0 saturated carbocycles. The van der Waals surface area contributed by atoms with E-state index in [1.807, 2.05) is 0 Å². The number of hydrogen-bond donors (Lipinski definition) is 3. The smallest absolute Gasteiger partial charge is 0.329 e. The molecule has 0 radical (unpaired) electrons. The molecule has 1 aromatic heterocycles. The summed E-state index contributed by atoms with van der Waals surface area (Å²) in [6.45, 7) is -0.166. The molecule has 0 unspecified atom stereocenters. The van der Waals surface area contributed by atoms with Crippen molar-refractivity contribution in [2.24, 2.45) is 0 Å². The first-order valence-corrected chi connectivity index (χ1v) is 4.72. The number of carboxylic acids is 1. The molecule has 0 atom stereocenters. The third-order valence-corrected chi connectivity index (χ3v) is 1.66. The van der Waals surface area contributed by atoms with Crippen LogP contribution in [0.5, 0.6) is 0 Å². The molecule has 1 heterocycles. The molecule has 3 N–H and O–H groups in total. The second kappa shape index (κ2) is 6.38. The van der Waals surface area contributed by atoms with Gasteiger partial charge in [0.1, 0.15) is 12.3 Å². The molecule has 92 valence electrons. The summed E-state index contributed by atoms with van der Waals surface area (Å²) in [7, 11) is 0. The van der Waals surface area contributed by atoms with Crippen molar-refractivity contribution in [3.8, 4) is 0 Å². The Bertz CT molecular complexity index is 436. The number of aliphatic carboxylic acids is 1. The quantitative estimate of drug-likeness (QED) is 0.527. The molecule has 0 aliphatic heterocycles. The summed E-state index contributed by atoms with van der Waals surface area (Å²) in [5, 5.41) is 10.7. The van der Waals surface area contributed by atoms with E-state index in [2.05, 4.69) is 15.3 Å². The Kier molecular flexibility index (Phi) is 4.82. The van der Waals surface area contributed by atoms with Gasteiger partial charge in [-0.15, -0.1) is 0 Å². The molecule has 17 heavy (non-hydrogen) atoms. The molecule has 1 aromatic rings. The van der Waals surface area contributed by atoms with Gasteiger partial charge in [-0.1, -0.05) is 0 Å². The van der Waals surface area contributed by atoms with Gasteiger partial charge in [0.05, 0.1) is 12.8 Å². The highest BCUT2D eigenvalue weighted by molar-refractivity contribution is 5.91. The molecular weight excluding hydrogens is 230 g/mol. The highest BCUT2D eigenvalue weighted by Gasteiger charge is 2.05. The second-order valence-corrected chi connectivity index (χ2v) is 3.00. The summed E-state index contributed by atoms with van der Waals surface area (Å²) in [5.74, 6) is -1.54. The van der Waals surface area contributed by atoms with Crippen LogP contribution in [0.15, 0.2) is 17.2 Å². The Morgan fingerprint density at radius 3 is 2.88 bits per heavy atom. The van der Waals surface area contributed by atoms with Crippen LogP contribution in [0.3, 0.4) is 0 Å². The number of aromatic nitrogens is 2. The number of amides is 1. The summed E-state index contributed by atoms with van der Waals surface area (Å²) in [6, 6.07) is 0. The molecular formula is C9H11N3O5. The van der Waals surface area contributed by atoms with E-state index in [-0.39, 0.29) is 18.8 Å². The van der Waals surface area contributed by atoms with Gasteiger partial charge in [-0.05, 0) is 0 Å². The topological polar surface area (TPSA) is 121 Å². The van der Waals surface area contributed by atoms with Crippen LogP contribution in [0.25, 0.3) is 0 Å². The standard InChI is InChI=1S/C9H11N3O5/c13-7-4-11-6(3-12-7)9(16)10-1-2-17-5-8(14)15/h3-4H,1-2,5H2,(H,10,16)(H,12,13)(H,14,15). The largest absolute Gasteiger partial charge is 0.480 e. The monoisotopic (exact) mass is 241 g/mol. The van der Waals surface area contributed by atoms with Gasteiger partial charge in [-0.25, -0.2) is 9.78 Å². The number of carbonyl (C=O) groups excluding carboxylic acids is 1. The molecule has 0 aromatic carbocycles. The van der Waals surface area contributed by atoms with Crippen molar-refractivity contribution in [3.05, 3.63) is 28.4 Å². The number of carboxylic acid groups (broad SMARTS) is 1. The van der Waals surface area contributed by atoms with Crippen LogP contribution >= 0.6 is 0 Å². The first kappa shape index (κ1) is 12.8. The van der Waals surface area contributed by atoms with E-state index in [0.717, 1.165) is 6.20 Å². The molecule has 0 fully saturated rings. The Morgan fingerprint density at radius 1 is 1.53 bits per heavy atom. The van der Waals surface area contributed by atoms with Crippen molar-refractivity contribution in [2.45, 2.75) is 0 Å². The van der Waals surface area contributed by atoms with Gasteiger partial charge in [-0.2, -0.15) is 0 Å². The van der Waals surface area contributed by atoms with Crippen molar-refractivity contribution >= 4 is 11.9 Å². The van der Waals surface area contributed by atoms with Crippen molar-refractivity contribution in [2.75, 3.05) is 19.8 Å². The highest BCUT2D eigenvalue weighted by atomic mass is 16.5. The number of hydrogen-bond acceptors (Lipinski definition) is 5. The van der Waals surface area contributed by atoms with E-state index in [9.17, 15) is 14.4 Å². The van der Waals surface area contributed by atoms with Gasteiger partial charge in [0.25, 0.3) is 11.5 Å². The molecule has 8 heteroatoms. The molecule has 0 aliphatic rings. The third-order valence-electron chi connectivity index (χ3n) is 1.66. The summed E-state index contributed by atoms with van der Waals surface area (Å²) in [4.78, 5) is 38.1. The molecule has 1 rings (SSSR count). The Labute approximate surface area is 95.6 Å². The van der Waals surface area contributed by atoms with Gasteiger partial charge < -0.3 is 20.1 Å². The zero-order valence-electron chi connectivity index (χ0n) is 8.80. The maximum Gasteiger partial charge on any atom is 0.329 e. The van der Waals surface area contributed by atoms with Gasteiger partial charge in [0, 0.05) is 12.7 Å².